The number of benzene rings is 2. The average molecular weight is 335 g/mol. The first-order chi connectivity index (χ1) is 11.8. The fourth-order valence-electron chi connectivity index (χ4n) is 2.83. The maximum absolute atomic E-state index is 6.05. The number of nitrogens with one attached hydrogen (secondary N) is 2. The summed E-state index contributed by atoms with van der Waals surface area (Å²) in [5, 5.41) is 5.31. The van der Waals surface area contributed by atoms with Crippen LogP contribution in [0.25, 0.3) is 10.9 Å². The van der Waals surface area contributed by atoms with Crippen molar-refractivity contribution in [3.63, 3.8) is 0 Å². The molecule has 2 N–H and O–H groups in total. The minimum Gasteiger partial charge on any atom is -0.361 e. The van der Waals surface area contributed by atoms with Crippen LogP contribution in [0.2, 0.25) is 5.02 Å². The standard InChI is InChI=1S/C19H15ClN4/c20-14-8-6-13(7-9-14)18(24-19-21-10-3-11-22-19)16-12-23-17-5-2-1-4-15(16)17/h1-12,18,23H,(H,21,22,24). The van der Waals surface area contributed by atoms with Crippen molar-refractivity contribution in [1.29, 1.82) is 0 Å². The van der Waals surface area contributed by atoms with Crippen LogP contribution in [0.5, 0.6) is 0 Å². The zero-order valence-corrected chi connectivity index (χ0v) is 13.5. The van der Waals surface area contributed by atoms with Crippen molar-refractivity contribution in [3.05, 3.63) is 89.3 Å². The Morgan fingerprint density at radius 2 is 1.67 bits per heavy atom. The number of H-pyrrole nitrogens is 1. The number of anilines is 1. The predicted molar refractivity (Wildman–Crippen MR) is 97.2 cm³/mol. The zero-order chi connectivity index (χ0) is 16.4. The topological polar surface area (TPSA) is 53.6 Å². The van der Waals surface area contributed by atoms with E-state index in [0.717, 1.165) is 16.6 Å². The van der Waals surface area contributed by atoms with E-state index in [1.807, 2.05) is 42.6 Å². The molecule has 0 fully saturated rings. The van der Waals surface area contributed by atoms with Gasteiger partial charge in [0, 0.05) is 40.1 Å². The summed E-state index contributed by atoms with van der Waals surface area (Å²) >= 11 is 6.05. The van der Waals surface area contributed by atoms with E-state index in [1.165, 1.54) is 5.39 Å². The fourth-order valence-corrected chi connectivity index (χ4v) is 2.96. The lowest BCUT2D eigenvalue weighted by Gasteiger charge is -2.19. The summed E-state index contributed by atoms with van der Waals surface area (Å²) in [7, 11) is 0. The highest BCUT2D eigenvalue weighted by atomic mass is 35.5. The second-order valence-corrected chi connectivity index (χ2v) is 5.93. The SMILES string of the molecule is Clc1ccc(C(Nc2ncccn2)c2c[nH]c3ccccc23)cc1. The van der Waals surface area contributed by atoms with Gasteiger partial charge in [0.05, 0.1) is 6.04 Å². The van der Waals surface area contributed by atoms with Gasteiger partial charge in [-0.15, -0.1) is 0 Å². The Labute approximate surface area is 144 Å². The molecular weight excluding hydrogens is 320 g/mol. The maximum Gasteiger partial charge on any atom is 0.223 e. The highest BCUT2D eigenvalue weighted by Crippen LogP contribution is 2.31. The van der Waals surface area contributed by atoms with Crippen LogP contribution in [-0.2, 0) is 0 Å². The van der Waals surface area contributed by atoms with Crippen LogP contribution >= 0.6 is 11.6 Å². The van der Waals surface area contributed by atoms with Crippen molar-refractivity contribution in [3.8, 4) is 0 Å². The molecule has 2 aromatic heterocycles. The largest absolute Gasteiger partial charge is 0.361 e. The van der Waals surface area contributed by atoms with Gasteiger partial charge in [0.25, 0.3) is 0 Å². The molecule has 4 aromatic rings. The second kappa shape index (κ2) is 6.34. The molecule has 0 spiro atoms. The first-order valence-electron chi connectivity index (χ1n) is 7.66. The summed E-state index contributed by atoms with van der Waals surface area (Å²) in [6, 6.07) is 17.8. The third-order valence-electron chi connectivity index (χ3n) is 3.97. The number of halogens is 1. The first kappa shape index (κ1) is 14.7. The van der Waals surface area contributed by atoms with Gasteiger partial charge in [-0.25, -0.2) is 9.97 Å². The molecular formula is C19H15ClN4. The van der Waals surface area contributed by atoms with Gasteiger partial charge in [0.2, 0.25) is 5.95 Å². The van der Waals surface area contributed by atoms with Gasteiger partial charge < -0.3 is 10.3 Å². The lowest BCUT2D eigenvalue weighted by molar-refractivity contribution is 0.916. The Morgan fingerprint density at radius 1 is 0.917 bits per heavy atom. The van der Waals surface area contributed by atoms with Gasteiger partial charge in [0.1, 0.15) is 0 Å². The van der Waals surface area contributed by atoms with Gasteiger partial charge >= 0.3 is 0 Å². The van der Waals surface area contributed by atoms with E-state index in [2.05, 4.69) is 32.4 Å². The quantitative estimate of drug-likeness (QED) is 0.563. The number of para-hydroxylation sites is 1. The number of aromatic amines is 1. The molecule has 0 saturated heterocycles. The van der Waals surface area contributed by atoms with Gasteiger partial charge in [-0.05, 0) is 29.8 Å². The zero-order valence-electron chi connectivity index (χ0n) is 12.8. The van der Waals surface area contributed by atoms with Crippen molar-refractivity contribution < 1.29 is 0 Å². The Kier molecular flexibility index (Phi) is 3.89. The van der Waals surface area contributed by atoms with Crippen LogP contribution in [0.1, 0.15) is 17.2 Å². The molecule has 2 heterocycles. The number of nitrogens with zero attached hydrogens (tertiary/aromatic N) is 2. The number of hydrogen-bond acceptors (Lipinski definition) is 3. The molecule has 0 bridgehead atoms. The van der Waals surface area contributed by atoms with E-state index < -0.39 is 0 Å². The molecule has 0 radical (unpaired) electrons. The molecule has 0 aliphatic rings. The lowest BCUT2D eigenvalue weighted by Crippen LogP contribution is -2.13. The van der Waals surface area contributed by atoms with Crippen molar-refractivity contribution in [1.82, 2.24) is 15.0 Å². The van der Waals surface area contributed by atoms with Gasteiger partial charge in [-0.2, -0.15) is 0 Å². The minimum atomic E-state index is -0.0826. The summed E-state index contributed by atoms with van der Waals surface area (Å²) in [5.74, 6) is 0.586. The maximum atomic E-state index is 6.05. The molecule has 118 valence electrons. The summed E-state index contributed by atoms with van der Waals surface area (Å²) < 4.78 is 0. The average Bonchev–Trinajstić information content (AvgIpc) is 3.05. The number of hydrogen-bond donors (Lipinski definition) is 2. The smallest absolute Gasteiger partial charge is 0.223 e. The van der Waals surface area contributed by atoms with Crippen molar-refractivity contribution in [2.24, 2.45) is 0 Å². The molecule has 1 unspecified atom stereocenters. The van der Waals surface area contributed by atoms with Crippen LogP contribution in [0, 0.1) is 0 Å². The van der Waals surface area contributed by atoms with Crippen LogP contribution in [0.15, 0.2) is 73.2 Å². The monoisotopic (exact) mass is 334 g/mol. The van der Waals surface area contributed by atoms with Gasteiger partial charge in [-0.1, -0.05) is 41.9 Å². The third kappa shape index (κ3) is 2.84. The molecule has 2 aromatic carbocycles. The highest BCUT2D eigenvalue weighted by Gasteiger charge is 2.18. The summed E-state index contributed by atoms with van der Waals surface area (Å²) in [5.41, 5.74) is 3.33. The molecule has 4 nitrogen and oxygen atoms in total. The molecule has 4 rings (SSSR count). The molecule has 0 aliphatic heterocycles. The number of fused-ring (bicyclic) bond motifs is 1. The van der Waals surface area contributed by atoms with E-state index >= 15 is 0 Å². The Morgan fingerprint density at radius 3 is 2.46 bits per heavy atom. The van der Waals surface area contributed by atoms with E-state index in [4.69, 9.17) is 11.6 Å². The predicted octanol–water partition coefficient (Wildman–Crippen LogP) is 4.81. The minimum absolute atomic E-state index is 0.0826. The van der Waals surface area contributed by atoms with Crippen LogP contribution in [-0.4, -0.2) is 15.0 Å². The van der Waals surface area contributed by atoms with E-state index in [9.17, 15) is 0 Å². The molecule has 1 atom stereocenters. The van der Waals surface area contributed by atoms with E-state index in [1.54, 1.807) is 18.5 Å². The summed E-state index contributed by atoms with van der Waals surface area (Å²) in [6.45, 7) is 0. The fraction of sp³-hybridized carbons (Fsp3) is 0.0526. The Balaban J connectivity index is 1.82. The van der Waals surface area contributed by atoms with Crippen LogP contribution in [0.3, 0.4) is 0 Å². The van der Waals surface area contributed by atoms with Gasteiger partial charge in [-0.3, -0.25) is 0 Å². The number of rotatable bonds is 4. The molecule has 24 heavy (non-hydrogen) atoms. The Bertz CT molecular complexity index is 948. The van der Waals surface area contributed by atoms with Gasteiger partial charge in [0.15, 0.2) is 0 Å². The number of aromatic nitrogens is 3. The third-order valence-corrected chi connectivity index (χ3v) is 4.23. The molecule has 0 aliphatic carbocycles. The highest BCUT2D eigenvalue weighted by molar-refractivity contribution is 6.30. The van der Waals surface area contributed by atoms with Crippen LogP contribution < -0.4 is 5.32 Å². The van der Waals surface area contributed by atoms with E-state index in [0.29, 0.717) is 11.0 Å². The Hall–Kier alpha value is -2.85. The second-order valence-electron chi connectivity index (χ2n) is 5.49. The lowest BCUT2D eigenvalue weighted by atomic mass is 9.98. The van der Waals surface area contributed by atoms with Crippen LogP contribution in [0.4, 0.5) is 5.95 Å². The molecule has 5 heteroatoms. The molecule has 0 saturated carbocycles. The van der Waals surface area contributed by atoms with Crippen molar-refractivity contribution in [2.45, 2.75) is 6.04 Å². The van der Waals surface area contributed by atoms with E-state index in [-0.39, 0.29) is 6.04 Å². The summed E-state index contributed by atoms with van der Waals surface area (Å²) in [4.78, 5) is 11.9. The first-order valence-corrected chi connectivity index (χ1v) is 8.04. The molecule has 0 amide bonds. The normalized spacial score (nSPS) is 12.2. The van der Waals surface area contributed by atoms with Crippen molar-refractivity contribution in [2.75, 3.05) is 5.32 Å². The van der Waals surface area contributed by atoms with Crippen molar-refractivity contribution >= 4 is 28.5 Å². The summed E-state index contributed by atoms with van der Waals surface area (Å²) in [6.07, 6.45) is 5.48.